The molecule has 0 aromatic rings. The first-order valence-electron chi connectivity index (χ1n) is 7.75. The fourth-order valence-corrected chi connectivity index (χ4v) is 4.43. The van der Waals surface area contributed by atoms with Crippen LogP contribution in [0.1, 0.15) is 57.8 Å². The normalized spacial score (nSPS) is 30.8. The second kappa shape index (κ2) is 6.98. The highest BCUT2D eigenvalue weighted by Gasteiger charge is 2.33. The smallest absolute Gasteiger partial charge is 0.224 e. The van der Waals surface area contributed by atoms with Gasteiger partial charge < -0.3 is 11.1 Å². The molecule has 2 aliphatic rings. The maximum atomic E-state index is 12.3. The van der Waals surface area contributed by atoms with Gasteiger partial charge in [0.1, 0.15) is 0 Å². The number of carbonyl (C=O) groups is 1. The lowest BCUT2D eigenvalue weighted by Crippen LogP contribution is -2.48. The van der Waals surface area contributed by atoms with Crippen molar-refractivity contribution in [3.8, 4) is 0 Å². The molecule has 0 aromatic carbocycles. The number of hydrogen-bond acceptors (Lipinski definition) is 3. The van der Waals surface area contributed by atoms with Crippen LogP contribution in [-0.2, 0) is 4.79 Å². The molecule has 4 heteroatoms. The van der Waals surface area contributed by atoms with Crippen LogP contribution in [-0.4, -0.2) is 29.5 Å². The van der Waals surface area contributed by atoms with E-state index in [0.717, 1.165) is 25.8 Å². The first-order valence-corrected chi connectivity index (χ1v) is 8.98. The van der Waals surface area contributed by atoms with E-state index >= 15 is 0 Å². The third kappa shape index (κ3) is 3.88. The Labute approximate surface area is 121 Å². The van der Waals surface area contributed by atoms with E-state index in [1.165, 1.54) is 38.5 Å². The van der Waals surface area contributed by atoms with E-state index in [0.29, 0.717) is 0 Å². The van der Waals surface area contributed by atoms with Crippen molar-refractivity contribution in [1.29, 1.82) is 0 Å². The van der Waals surface area contributed by atoms with E-state index < -0.39 is 0 Å². The Kier molecular flexibility index (Phi) is 5.58. The second-order valence-electron chi connectivity index (χ2n) is 6.22. The van der Waals surface area contributed by atoms with Crippen molar-refractivity contribution < 1.29 is 4.79 Å². The lowest BCUT2D eigenvalue weighted by molar-refractivity contribution is -0.126. The first-order chi connectivity index (χ1) is 9.17. The number of nitrogens with one attached hydrogen (secondary N) is 1. The molecule has 0 heterocycles. The molecular formula is C15H28N2OS. The molecule has 0 saturated heterocycles. The van der Waals surface area contributed by atoms with E-state index in [4.69, 9.17) is 5.73 Å². The molecule has 0 aromatic heterocycles. The summed E-state index contributed by atoms with van der Waals surface area (Å²) in [5.74, 6) is 0.252. The van der Waals surface area contributed by atoms with Crippen LogP contribution in [0.4, 0.5) is 0 Å². The molecule has 0 radical (unpaired) electrons. The Bertz CT molecular complexity index is 303. The monoisotopic (exact) mass is 284 g/mol. The first kappa shape index (κ1) is 15.2. The van der Waals surface area contributed by atoms with E-state index in [-0.39, 0.29) is 22.6 Å². The summed E-state index contributed by atoms with van der Waals surface area (Å²) < 4.78 is 0.284. The molecule has 3 N–H and O–H groups in total. The van der Waals surface area contributed by atoms with Gasteiger partial charge in [-0.1, -0.05) is 32.1 Å². The highest BCUT2D eigenvalue weighted by Crippen LogP contribution is 2.38. The van der Waals surface area contributed by atoms with Crippen molar-refractivity contribution in [1.82, 2.24) is 5.32 Å². The van der Waals surface area contributed by atoms with Crippen LogP contribution in [0.5, 0.6) is 0 Å². The summed E-state index contributed by atoms with van der Waals surface area (Å²) in [7, 11) is 0. The largest absolute Gasteiger partial charge is 0.354 e. The Hall–Kier alpha value is -0.220. The van der Waals surface area contributed by atoms with Gasteiger partial charge in [-0.25, -0.2) is 0 Å². The zero-order valence-electron chi connectivity index (χ0n) is 12.1. The van der Waals surface area contributed by atoms with Crippen molar-refractivity contribution in [2.75, 3.05) is 12.8 Å². The molecule has 2 atom stereocenters. The summed E-state index contributed by atoms with van der Waals surface area (Å²) in [5.41, 5.74) is 6.09. The predicted octanol–water partition coefficient (Wildman–Crippen LogP) is 2.69. The van der Waals surface area contributed by atoms with Gasteiger partial charge in [-0.2, -0.15) is 11.8 Å². The standard InChI is InChI=1S/C15H28N2OS/c1-19-15(9-5-2-6-10-15)11-17-14(18)12-7-3-4-8-13(12)16/h12-13H,2-11,16H2,1H3,(H,17,18). The maximum absolute atomic E-state index is 12.3. The van der Waals surface area contributed by atoms with Gasteiger partial charge in [0, 0.05) is 17.3 Å². The van der Waals surface area contributed by atoms with Crippen molar-refractivity contribution >= 4 is 17.7 Å². The van der Waals surface area contributed by atoms with Gasteiger partial charge in [0.2, 0.25) is 5.91 Å². The average Bonchev–Trinajstić information content (AvgIpc) is 2.46. The summed E-state index contributed by atoms with van der Waals surface area (Å²) in [6.45, 7) is 0.830. The molecule has 19 heavy (non-hydrogen) atoms. The third-order valence-corrected chi connectivity index (χ3v) is 6.36. The molecule has 3 nitrogen and oxygen atoms in total. The molecule has 2 saturated carbocycles. The lowest BCUT2D eigenvalue weighted by Gasteiger charge is -2.37. The van der Waals surface area contributed by atoms with E-state index in [2.05, 4.69) is 11.6 Å². The minimum atomic E-state index is 0.0521. The van der Waals surface area contributed by atoms with Crippen LogP contribution in [0.2, 0.25) is 0 Å². The van der Waals surface area contributed by atoms with Crippen LogP contribution >= 0.6 is 11.8 Å². The molecule has 2 aliphatic carbocycles. The molecule has 110 valence electrons. The van der Waals surface area contributed by atoms with Crippen molar-refractivity contribution in [2.24, 2.45) is 11.7 Å². The van der Waals surface area contributed by atoms with Gasteiger partial charge in [0.05, 0.1) is 5.92 Å². The molecule has 2 unspecified atom stereocenters. The van der Waals surface area contributed by atoms with Gasteiger partial charge >= 0.3 is 0 Å². The van der Waals surface area contributed by atoms with Gasteiger partial charge in [0.25, 0.3) is 0 Å². The fraction of sp³-hybridized carbons (Fsp3) is 0.933. The molecular weight excluding hydrogens is 256 g/mol. The minimum Gasteiger partial charge on any atom is -0.354 e. The van der Waals surface area contributed by atoms with Crippen LogP contribution < -0.4 is 11.1 Å². The van der Waals surface area contributed by atoms with Gasteiger partial charge in [-0.15, -0.1) is 0 Å². The molecule has 0 spiro atoms. The number of thioether (sulfide) groups is 1. The summed E-state index contributed by atoms with van der Waals surface area (Å²) in [6.07, 6.45) is 12.9. The maximum Gasteiger partial charge on any atom is 0.224 e. The zero-order valence-corrected chi connectivity index (χ0v) is 12.9. The van der Waals surface area contributed by atoms with Crippen LogP contribution in [0.25, 0.3) is 0 Å². The van der Waals surface area contributed by atoms with Gasteiger partial charge in [-0.05, 0) is 31.9 Å². The SMILES string of the molecule is CSC1(CNC(=O)C2CCCCC2N)CCCCC1. The van der Waals surface area contributed by atoms with Crippen molar-refractivity contribution in [3.05, 3.63) is 0 Å². The van der Waals surface area contributed by atoms with Crippen molar-refractivity contribution in [3.63, 3.8) is 0 Å². The van der Waals surface area contributed by atoms with Crippen LogP contribution in [0.15, 0.2) is 0 Å². The third-order valence-electron chi connectivity index (χ3n) is 4.94. The quantitative estimate of drug-likeness (QED) is 0.834. The predicted molar refractivity (Wildman–Crippen MR) is 82.3 cm³/mol. The van der Waals surface area contributed by atoms with Crippen LogP contribution in [0, 0.1) is 5.92 Å². The minimum absolute atomic E-state index is 0.0521. The van der Waals surface area contributed by atoms with E-state index in [1.807, 2.05) is 11.8 Å². The zero-order chi connectivity index (χ0) is 13.7. The number of nitrogens with two attached hydrogens (primary N) is 1. The number of hydrogen-bond donors (Lipinski definition) is 2. The lowest BCUT2D eigenvalue weighted by atomic mass is 9.84. The molecule has 2 fully saturated rings. The number of amides is 1. The Morgan fingerprint density at radius 1 is 1.21 bits per heavy atom. The Morgan fingerprint density at radius 2 is 1.89 bits per heavy atom. The summed E-state index contributed by atoms with van der Waals surface area (Å²) in [6, 6.07) is 0.0744. The van der Waals surface area contributed by atoms with Gasteiger partial charge in [0.15, 0.2) is 0 Å². The molecule has 0 bridgehead atoms. The molecule has 0 aliphatic heterocycles. The Balaban J connectivity index is 1.84. The van der Waals surface area contributed by atoms with E-state index in [1.54, 1.807) is 0 Å². The average molecular weight is 284 g/mol. The van der Waals surface area contributed by atoms with Crippen molar-refractivity contribution in [2.45, 2.75) is 68.6 Å². The number of carbonyl (C=O) groups excluding carboxylic acids is 1. The summed E-state index contributed by atoms with van der Waals surface area (Å²) >= 11 is 1.94. The molecule has 1 amide bonds. The topological polar surface area (TPSA) is 55.1 Å². The second-order valence-corrected chi connectivity index (χ2v) is 7.49. The Morgan fingerprint density at radius 3 is 2.53 bits per heavy atom. The van der Waals surface area contributed by atoms with Crippen LogP contribution in [0.3, 0.4) is 0 Å². The molecule has 2 rings (SSSR count). The highest BCUT2D eigenvalue weighted by molar-refractivity contribution is 8.00. The van der Waals surface area contributed by atoms with E-state index in [9.17, 15) is 4.79 Å². The highest BCUT2D eigenvalue weighted by atomic mass is 32.2. The van der Waals surface area contributed by atoms with Gasteiger partial charge in [-0.3, -0.25) is 4.79 Å². The summed E-state index contributed by atoms with van der Waals surface area (Å²) in [5, 5.41) is 3.20. The fourth-order valence-electron chi connectivity index (χ4n) is 3.51. The summed E-state index contributed by atoms with van der Waals surface area (Å²) in [4.78, 5) is 12.3. The number of rotatable bonds is 4.